The molecule has 6 rings (SSSR count). The maximum Gasteiger partial charge on any atom is 0.573 e. The Labute approximate surface area is 254 Å². The van der Waals surface area contributed by atoms with Crippen molar-refractivity contribution in [1.82, 2.24) is 14.9 Å². The van der Waals surface area contributed by atoms with Gasteiger partial charge in [-0.15, -0.1) is 24.5 Å². The van der Waals surface area contributed by atoms with Crippen LogP contribution in [0.4, 0.5) is 37.2 Å². The Hall–Kier alpha value is -3.05. The highest BCUT2D eigenvalue weighted by atomic mass is 32.1. The molecule has 9 nitrogen and oxygen atoms in total. The van der Waals surface area contributed by atoms with Gasteiger partial charge in [0.25, 0.3) is 6.01 Å². The Kier molecular flexibility index (Phi) is 7.72. The number of hydrogen-bond donors (Lipinski definition) is 0. The summed E-state index contributed by atoms with van der Waals surface area (Å²) in [6.07, 6.45) is -8.91. The van der Waals surface area contributed by atoms with Gasteiger partial charge in [-0.2, -0.15) is 18.2 Å². The number of carbonyl (C=O) groups is 1. The molecule has 17 heteroatoms. The van der Waals surface area contributed by atoms with Crippen LogP contribution in [0.1, 0.15) is 39.7 Å². The molecule has 3 fully saturated rings. The molecule has 2 bridgehead atoms. The van der Waals surface area contributed by atoms with Gasteiger partial charge < -0.3 is 23.2 Å². The Morgan fingerprint density at radius 2 is 1.70 bits per heavy atom. The van der Waals surface area contributed by atoms with Crippen molar-refractivity contribution >= 4 is 42.9 Å². The minimum Gasteiger partial charge on any atom is -0.444 e. The molecule has 3 atom stereocenters. The molecule has 1 aromatic carbocycles. The number of rotatable bonds is 6. The Bertz CT molecular complexity index is 1540. The number of benzene rings is 1. The summed E-state index contributed by atoms with van der Waals surface area (Å²) in [5, 5.41) is 1.77. The van der Waals surface area contributed by atoms with E-state index in [9.17, 15) is 31.1 Å². The van der Waals surface area contributed by atoms with E-state index in [-0.39, 0.29) is 47.3 Å². The number of oxazole rings is 1. The summed E-state index contributed by atoms with van der Waals surface area (Å²) in [5.41, 5.74) is -5.58. The molecule has 1 amide bonds. The van der Waals surface area contributed by atoms with Crippen molar-refractivity contribution in [3.63, 3.8) is 0 Å². The molecule has 44 heavy (non-hydrogen) atoms. The van der Waals surface area contributed by atoms with Gasteiger partial charge in [-0.05, 0) is 59.8 Å². The molecule has 0 saturated carbocycles. The van der Waals surface area contributed by atoms with Crippen LogP contribution in [0.15, 0.2) is 22.1 Å². The molecule has 5 heterocycles. The topological polar surface area (TPSA) is 90.2 Å². The lowest BCUT2D eigenvalue weighted by Crippen LogP contribution is -2.70. The molecule has 3 aliphatic heterocycles. The number of aromatic nitrogens is 2. The van der Waals surface area contributed by atoms with E-state index in [4.69, 9.17) is 13.6 Å². The molecular formula is C27H32F6N4O5SSi. The molecule has 3 unspecified atom stereocenters. The van der Waals surface area contributed by atoms with Crippen LogP contribution in [0.25, 0.3) is 21.7 Å². The van der Waals surface area contributed by atoms with E-state index in [1.807, 2.05) is 0 Å². The van der Waals surface area contributed by atoms with Gasteiger partial charge >= 0.3 is 18.6 Å². The molecular weight excluding hydrogens is 634 g/mol. The molecule has 0 radical (unpaired) electrons. The van der Waals surface area contributed by atoms with Crippen LogP contribution in [0.3, 0.4) is 0 Å². The summed E-state index contributed by atoms with van der Waals surface area (Å²) < 4.78 is 107. The first kappa shape index (κ1) is 32.3. The van der Waals surface area contributed by atoms with Crippen molar-refractivity contribution in [1.29, 1.82) is 0 Å². The number of thiazole rings is 1. The largest absolute Gasteiger partial charge is 0.573 e. The highest BCUT2D eigenvalue weighted by molar-refractivity contribution is 7.13. The van der Waals surface area contributed by atoms with E-state index in [1.54, 1.807) is 36.0 Å². The van der Waals surface area contributed by atoms with Gasteiger partial charge in [0.2, 0.25) is 0 Å². The van der Waals surface area contributed by atoms with Crippen LogP contribution in [-0.4, -0.2) is 72.6 Å². The lowest BCUT2D eigenvalue weighted by molar-refractivity contribution is -0.278. The monoisotopic (exact) mass is 666 g/mol. The normalized spacial score (nSPS) is 20.8. The highest BCUT2D eigenvalue weighted by Gasteiger charge is 2.58. The Morgan fingerprint density at radius 1 is 1.07 bits per heavy atom. The lowest BCUT2D eigenvalue weighted by atomic mass is 9.88. The van der Waals surface area contributed by atoms with Crippen LogP contribution in [0.5, 0.6) is 5.75 Å². The number of carbonyl (C=O) groups excluding carboxylic acids is 1. The lowest BCUT2D eigenvalue weighted by Gasteiger charge is -2.55. The van der Waals surface area contributed by atoms with Crippen molar-refractivity contribution in [2.24, 2.45) is 0 Å². The third-order valence-corrected chi connectivity index (χ3v) is 8.95. The van der Waals surface area contributed by atoms with Crippen LogP contribution in [0, 0.1) is 0 Å². The summed E-state index contributed by atoms with van der Waals surface area (Å²) in [5.74, 6) is -1.17. The fraction of sp³-hybridized carbons (Fsp3) is 0.593. The zero-order valence-corrected chi connectivity index (χ0v) is 26.8. The molecule has 2 aromatic heterocycles. The number of amides is 1. The minimum absolute atomic E-state index is 0.00507. The van der Waals surface area contributed by atoms with Crippen molar-refractivity contribution in [2.75, 3.05) is 18.0 Å². The van der Waals surface area contributed by atoms with Gasteiger partial charge in [-0.1, -0.05) is 0 Å². The molecule has 0 N–H and O–H groups in total. The van der Waals surface area contributed by atoms with Gasteiger partial charge in [0, 0.05) is 30.2 Å². The third-order valence-electron chi connectivity index (χ3n) is 7.12. The van der Waals surface area contributed by atoms with Crippen molar-refractivity contribution < 1.29 is 49.5 Å². The summed E-state index contributed by atoms with van der Waals surface area (Å²) in [7, 11) is -3.04. The van der Waals surface area contributed by atoms with Gasteiger partial charge in [-0.3, -0.25) is 4.90 Å². The average Bonchev–Trinajstić information content (AvgIpc) is 3.51. The molecule has 0 spiro atoms. The number of piperidine rings is 1. The molecule has 0 aliphatic carbocycles. The van der Waals surface area contributed by atoms with E-state index >= 15 is 0 Å². The number of alkyl halides is 6. The summed E-state index contributed by atoms with van der Waals surface area (Å²) >= 11 is 1.06. The number of nitrogens with zero attached hydrogens (tertiary/aromatic N) is 4. The van der Waals surface area contributed by atoms with Crippen molar-refractivity contribution in [3.8, 4) is 16.3 Å². The number of piperazine rings is 1. The number of hydrogen-bond acceptors (Lipinski definition) is 9. The van der Waals surface area contributed by atoms with E-state index in [1.165, 1.54) is 25.8 Å². The summed E-state index contributed by atoms with van der Waals surface area (Å²) in [4.78, 5) is 24.4. The molecule has 3 saturated heterocycles. The van der Waals surface area contributed by atoms with Crippen LogP contribution < -0.4 is 9.64 Å². The number of halogens is 6. The maximum atomic E-state index is 14.8. The van der Waals surface area contributed by atoms with Gasteiger partial charge in [-0.25, -0.2) is 9.78 Å². The zero-order valence-electron chi connectivity index (χ0n) is 25.0. The quantitative estimate of drug-likeness (QED) is 0.196. The fourth-order valence-electron chi connectivity index (χ4n) is 5.53. The predicted octanol–water partition coefficient (Wildman–Crippen LogP) is 7.68. The van der Waals surface area contributed by atoms with Crippen LogP contribution >= 0.6 is 11.3 Å². The molecule has 3 aromatic rings. The number of ether oxygens (including phenoxy) is 2. The maximum absolute atomic E-state index is 14.8. The van der Waals surface area contributed by atoms with Crippen molar-refractivity contribution in [2.45, 2.75) is 89.6 Å². The van der Waals surface area contributed by atoms with E-state index in [0.717, 1.165) is 17.4 Å². The third kappa shape index (κ3) is 6.22. The smallest absolute Gasteiger partial charge is 0.444 e. The first-order valence-corrected chi connectivity index (χ1v) is 18.0. The minimum atomic E-state index is -5.37. The van der Waals surface area contributed by atoms with Crippen LogP contribution in [0.2, 0.25) is 19.6 Å². The standard InChI is InChI=1S/C27H32F6N4O5SSi/c1-24(2,3)41-23(38)37-14-10-15(37)13-36(12-14)22-35-18-19(39-22)16(21-34-8-9-43-21)11-17(20(18)40-27(31,32)33)25(4,26(28,29)30)42-44(5,6)7/h8-9,11,14-15H,10,12-13H2,1-7H3. The van der Waals surface area contributed by atoms with Gasteiger partial charge in [0.05, 0.1) is 17.6 Å². The number of fused-ring (bicyclic) bond motifs is 3. The van der Waals surface area contributed by atoms with Gasteiger partial charge in [0.1, 0.15) is 10.6 Å². The second kappa shape index (κ2) is 10.5. The van der Waals surface area contributed by atoms with E-state index in [0.29, 0.717) is 13.3 Å². The highest BCUT2D eigenvalue weighted by Crippen LogP contribution is 2.52. The van der Waals surface area contributed by atoms with Crippen molar-refractivity contribution in [3.05, 3.63) is 23.2 Å². The SMILES string of the molecule is CC(C)(C)OC(=O)N1C2CC1CN(c1nc3c(OC(F)(F)F)c(C(C)(O[Si](C)(C)C)C(F)(F)F)cc(-c4nccs4)c3o1)C2. The Balaban J connectivity index is 1.66. The molecule has 3 aliphatic rings. The summed E-state index contributed by atoms with van der Waals surface area (Å²) in [6, 6.07) is 0.248. The summed E-state index contributed by atoms with van der Waals surface area (Å²) in [6.45, 7) is 10.9. The predicted molar refractivity (Wildman–Crippen MR) is 152 cm³/mol. The fourth-order valence-corrected chi connectivity index (χ4v) is 7.63. The average molecular weight is 667 g/mol. The Morgan fingerprint density at radius 3 is 2.20 bits per heavy atom. The number of anilines is 1. The van der Waals surface area contributed by atoms with Crippen LogP contribution in [-0.2, 0) is 14.8 Å². The van der Waals surface area contributed by atoms with E-state index in [2.05, 4.69) is 14.7 Å². The zero-order chi connectivity index (χ0) is 32.6. The second-order valence-electron chi connectivity index (χ2n) is 12.9. The first-order chi connectivity index (χ1) is 20.1. The van der Waals surface area contributed by atoms with E-state index < -0.39 is 55.0 Å². The molecule has 242 valence electrons. The first-order valence-electron chi connectivity index (χ1n) is 13.7. The second-order valence-corrected chi connectivity index (χ2v) is 18.3. The van der Waals surface area contributed by atoms with Gasteiger partial charge in [0.15, 0.2) is 30.8 Å².